The number of halogens is 2. The van der Waals surface area contributed by atoms with Crippen molar-refractivity contribution in [2.24, 2.45) is 0 Å². The van der Waals surface area contributed by atoms with Crippen LogP contribution in [0.4, 0.5) is 13.9 Å². The second kappa shape index (κ2) is 7.64. The number of nitrogens with one attached hydrogen (secondary N) is 2. The fourth-order valence-corrected chi connectivity index (χ4v) is 2.63. The summed E-state index contributed by atoms with van der Waals surface area (Å²) in [6.07, 6.45) is -0.0149. The van der Waals surface area contributed by atoms with Crippen LogP contribution in [0.5, 0.6) is 0 Å². The summed E-state index contributed by atoms with van der Waals surface area (Å²) < 4.78 is 26.3. The molecule has 1 aromatic carbocycles. The second-order valence-electron chi connectivity index (χ2n) is 6.34. The van der Waals surface area contributed by atoms with Crippen molar-refractivity contribution >= 4 is 28.3 Å². The van der Waals surface area contributed by atoms with Crippen molar-refractivity contribution in [3.8, 4) is 0 Å². The van der Waals surface area contributed by atoms with E-state index in [9.17, 15) is 18.4 Å². The summed E-state index contributed by atoms with van der Waals surface area (Å²) >= 11 is 1.28. The molecular formula is C16H18F2N4O2S. The highest BCUT2D eigenvalue weighted by Crippen LogP contribution is 2.27. The molecule has 0 fully saturated rings. The van der Waals surface area contributed by atoms with Crippen molar-refractivity contribution in [1.29, 1.82) is 0 Å². The summed E-state index contributed by atoms with van der Waals surface area (Å²) in [7, 11) is 0. The average Bonchev–Trinajstić information content (AvgIpc) is 2.95. The fourth-order valence-electron chi connectivity index (χ4n) is 1.82. The predicted molar refractivity (Wildman–Crippen MR) is 90.5 cm³/mol. The number of anilines is 1. The quantitative estimate of drug-likeness (QED) is 0.850. The highest BCUT2D eigenvalue weighted by atomic mass is 32.1. The van der Waals surface area contributed by atoms with Gasteiger partial charge in [0.1, 0.15) is 16.6 Å². The van der Waals surface area contributed by atoms with Gasteiger partial charge >= 0.3 is 0 Å². The third kappa shape index (κ3) is 5.28. The number of carbonyl (C=O) groups is 2. The maximum Gasteiger partial charge on any atom is 0.254 e. The topological polar surface area (TPSA) is 84.0 Å². The Morgan fingerprint density at radius 1 is 1.20 bits per heavy atom. The normalized spacial score (nSPS) is 11.2. The molecule has 0 saturated carbocycles. The number of carbonyl (C=O) groups excluding carboxylic acids is 2. The van der Waals surface area contributed by atoms with Crippen LogP contribution >= 0.6 is 11.3 Å². The van der Waals surface area contributed by atoms with E-state index in [1.54, 1.807) is 0 Å². The summed E-state index contributed by atoms with van der Waals surface area (Å²) in [5.74, 6) is -2.78. The lowest BCUT2D eigenvalue weighted by Crippen LogP contribution is -2.28. The standard InChI is InChI=1S/C16H18F2N4O2S/c1-16(2,3)14-21-22-15(25-14)20-12(23)6-7-19-13(24)10-5-4-9(17)8-11(10)18/h4-5,8H,6-7H2,1-3H3,(H,19,24)(H,20,22,23). The molecule has 0 radical (unpaired) electrons. The van der Waals surface area contributed by atoms with Crippen LogP contribution in [0.3, 0.4) is 0 Å². The first-order chi connectivity index (χ1) is 11.7. The number of hydrogen-bond donors (Lipinski definition) is 2. The van der Waals surface area contributed by atoms with E-state index in [0.29, 0.717) is 11.2 Å². The van der Waals surface area contributed by atoms with Crippen LogP contribution in [-0.4, -0.2) is 28.6 Å². The van der Waals surface area contributed by atoms with E-state index in [-0.39, 0.29) is 29.9 Å². The first-order valence-corrected chi connectivity index (χ1v) is 8.35. The van der Waals surface area contributed by atoms with Gasteiger partial charge in [0.15, 0.2) is 0 Å². The Labute approximate surface area is 147 Å². The molecule has 1 heterocycles. The van der Waals surface area contributed by atoms with Gasteiger partial charge in [-0.3, -0.25) is 9.59 Å². The number of hydrogen-bond acceptors (Lipinski definition) is 5. The summed E-state index contributed by atoms with van der Waals surface area (Å²) in [6.45, 7) is 5.97. The molecule has 134 valence electrons. The Morgan fingerprint density at radius 2 is 1.92 bits per heavy atom. The Balaban J connectivity index is 1.82. The molecule has 2 N–H and O–H groups in total. The van der Waals surface area contributed by atoms with Crippen molar-refractivity contribution in [2.75, 3.05) is 11.9 Å². The highest BCUT2D eigenvalue weighted by molar-refractivity contribution is 7.15. The third-order valence-electron chi connectivity index (χ3n) is 3.13. The molecule has 1 aromatic heterocycles. The van der Waals surface area contributed by atoms with E-state index in [0.717, 1.165) is 17.1 Å². The molecule has 0 bridgehead atoms. The van der Waals surface area contributed by atoms with Crippen molar-refractivity contribution in [2.45, 2.75) is 32.6 Å². The average molecular weight is 368 g/mol. The summed E-state index contributed by atoms with van der Waals surface area (Å²) in [5.41, 5.74) is -0.436. The number of amides is 2. The van der Waals surface area contributed by atoms with Gasteiger partial charge in [-0.2, -0.15) is 0 Å². The maximum absolute atomic E-state index is 13.5. The molecule has 0 aliphatic carbocycles. The lowest BCUT2D eigenvalue weighted by Gasteiger charge is -2.12. The van der Waals surface area contributed by atoms with Gasteiger partial charge in [-0.25, -0.2) is 8.78 Å². The van der Waals surface area contributed by atoms with Crippen molar-refractivity contribution in [3.63, 3.8) is 0 Å². The van der Waals surface area contributed by atoms with Gasteiger partial charge in [0.05, 0.1) is 5.56 Å². The van der Waals surface area contributed by atoms with Gasteiger partial charge in [-0.1, -0.05) is 32.1 Å². The minimum atomic E-state index is -0.953. The first-order valence-electron chi connectivity index (χ1n) is 7.54. The van der Waals surface area contributed by atoms with E-state index in [2.05, 4.69) is 20.8 Å². The lowest BCUT2D eigenvalue weighted by atomic mass is 9.98. The molecule has 2 aromatic rings. The Bertz CT molecular complexity index is 787. The zero-order valence-corrected chi connectivity index (χ0v) is 14.8. The van der Waals surface area contributed by atoms with Crippen LogP contribution in [0.25, 0.3) is 0 Å². The minimum absolute atomic E-state index is 0.00636. The predicted octanol–water partition coefficient (Wildman–Crippen LogP) is 2.87. The summed E-state index contributed by atoms with van der Waals surface area (Å²) in [4.78, 5) is 23.7. The smallest absolute Gasteiger partial charge is 0.254 e. The molecule has 25 heavy (non-hydrogen) atoms. The van der Waals surface area contributed by atoms with Gasteiger partial charge in [-0.15, -0.1) is 10.2 Å². The number of nitrogens with zero attached hydrogens (tertiary/aromatic N) is 2. The van der Waals surface area contributed by atoms with Gasteiger partial charge in [-0.05, 0) is 12.1 Å². The Kier molecular flexibility index (Phi) is 5.78. The van der Waals surface area contributed by atoms with Crippen molar-refractivity contribution in [1.82, 2.24) is 15.5 Å². The largest absolute Gasteiger partial charge is 0.351 e. The van der Waals surface area contributed by atoms with E-state index >= 15 is 0 Å². The molecule has 0 aliphatic heterocycles. The zero-order valence-electron chi connectivity index (χ0n) is 14.0. The third-order valence-corrected chi connectivity index (χ3v) is 4.39. The molecule has 2 amide bonds. The minimum Gasteiger partial charge on any atom is -0.351 e. The summed E-state index contributed by atoms with van der Waals surface area (Å²) in [5, 5.41) is 14.1. The highest BCUT2D eigenvalue weighted by Gasteiger charge is 2.20. The van der Waals surface area contributed by atoms with E-state index in [1.165, 1.54) is 11.3 Å². The Morgan fingerprint density at radius 3 is 2.52 bits per heavy atom. The molecule has 9 heteroatoms. The van der Waals surface area contributed by atoms with Crippen molar-refractivity contribution < 1.29 is 18.4 Å². The molecule has 0 spiro atoms. The lowest BCUT2D eigenvalue weighted by molar-refractivity contribution is -0.116. The van der Waals surface area contributed by atoms with Crippen LogP contribution < -0.4 is 10.6 Å². The molecule has 0 unspecified atom stereocenters. The molecule has 6 nitrogen and oxygen atoms in total. The fraction of sp³-hybridized carbons (Fsp3) is 0.375. The van der Waals surface area contributed by atoms with E-state index < -0.39 is 17.5 Å². The van der Waals surface area contributed by atoms with Crippen molar-refractivity contribution in [3.05, 3.63) is 40.4 Å². The molecule has 0 aliphatic rings. The second-order valence-corrected chi connectivity index (χ2v) is 7.32. The number of aromatic nitrogens is 2. The summed E-state index contributed by atoms with van der Waals surface area (Å²) in [6, 6.07) is 2.67. The van der Waals surface area contributed by atoms with Gasteiger partial charge in [0.2, 0.25) is 11.0 Å². The van der Waals surface area contributed by atoms with Gasteiger partial charge in [0, 0.05) is 24.4 Å². The maximum atomic E-state index is 13.5. The Hall–Kier alpha value is -2.42. The monoisotopic (exact) mass is 368 g/mol. The number of benzene rings is 1. The van der Waals surface area contributed by atoms with Gasteiger partial charge in [0.25, 0.3) is 5.91 Å². The van der Waals surface area contributed by atoms with Crippen LogP contribution in [0, 0.1) is 11.6 Å². The van der Waals surface area contributed by atoms with E-state index in [4.69, 9.17) is 0 Å². The van der Waals surface area contributed by atoms with Crippen LogP contribution in [0.2, 0.25) is 0 Å². The van der Waals surface area contributed by atoms with Crippen LogP contribution in [0.15, 0.2) is 18.2 Å². The number of rotatable bonds is 5. The molecule has 0 saturated heterocycles. The first kappa shape index (κ1) is 18.9. The van der Waals surface area contributed by atoms with E-state index in [1.807, 2.05) is 20.8 Å². The van der Waals surface area contributed by atoms with Crippen LogP contribution in [0.1, 0.15) is 42.6 Å². The molecule has 2 rings (SSSR count). The van der Waals surface area contributed by atoms with Gasteiger partial charge < -0.3 is 10.6 Å². The zero-order chi connectivity index (χ0) is 18.6. The molecule has 0 atom stereocenters. The SMILES string of the molecule is CC(C)(C)c1nnc(NC(=O)CCNC(=O)c2ccc(F)cc2F)s1. The molecular weight excluding hydrogens is 350 g/mol. The van der Waals surface area contributed by atoms with Crippen LogP contribution in [-0.2, 0) is 10.2 Å².